The topological polar surface area (TPSA) is 23.8 Å². The molecule has 0 spiro atoms. The van der Waals surface area contributed by atoms with Gasteiger partial charge in [-0.15, -0.1) is 0 Å². The largest absolute Gasteiger partial charge is 0.192 e. The van der Waals surface area contributed by atoms with Gasteiger partial charge in [0.05, 0.1) is 5.56 Å². The number of rotatable bonds is 9. The van der Waals surface area contributed by atoms with Crippen LogP contribution >= 0.6 is 0 Å². The number of hydrogen-bond donors (Lipinski definition) is 0. The van der Waals surface area contributed by atoms with Crippen LogP contribution in [0.25, 0.3) is 100 Å². The van der Waals surface area contributed by atoms with E-state index in [1.54, 1.807) is 0 Å². The lowest BCUT2D eigenvalue weighted by atomic mass is 9.85. The highest BCUT2D eigenvalue weighted by atomic mass is 14.3. The van der Waals surface area contributed by atoms with E-state index < -0.39 is 0 Å². The molecule has 0 saturated carbocycles. The highest BCUT2D eigenvalue weighted by Gasteiger charge is 2.18. The molecule has 1 nitrogen and oxygen atoms in total. The summed E-state index contributed by atoms with van der Waals surface area (Å²) in [6, 6.07) is 90.8. The minimum atomic E-state index is 0.647. The van der Waals surface area contributed by atoms with Gasteiger partial charge in [-0.25, -0.2) is 0 Å². The highest BCUT2D eigenvalue weighted by molar-refractivity contribution is 5.92. The first kappa shape index (κ1) is 37.9. The molecule has 0 heterocycles. The van der Waals surface area contributed by atoms with Crippen LogP contribution in [0, 0.1) is 11.3 Å². The van der Waals surface area contributed by atoms with Crippen molar-refractivity contribution in [3.8, 4) is 106 Å². The summed E-state index contributed by atoms with van der Waals surface area (Å²) in [5.74, 6) is 0. The molecule has 0 bridgehead atoms. The van der Waals surface area contributed by atoms with Crippen LogP contribution in [0.4, 0.5) is 0 Å². The maximum Gasteiger partial charge on any atom is 0.100 e. The van der Waals surface area contributed by atoms with Crippen LogP contribution in [0.15, 0.2) is 249 Å². The monoisotopic (exact) mass is 787 g/mol. The van der Waals surface area contributed by atoms with Crippen molar-refractivity contribution in [2.75, 3.05) is 0 Å². The summed E-state index contributed by atoms with van der Waals surface area (Å²) in [5, 5.41) is 11.1. The fraction of sp³-hybridized carbons (Fsp3) is 0. The fourth-order valence-corrected chi connectivity index (χ4v) is 8.52. The molecular formula is C61H41N. The van der Waals surface area contributed by atoms with Crippen LogP contribution in [0.3, 0.4) is 0 Å². The zero-order chi connectivity index (χ0) is 41.7. The molecule has 0 aromatic heterocycles. The minimum Gasteiger partial charge on any atom is -0.192 e. The van der Waals surface area contributed by atoms with Crippen LogP contribution in [-0.4, -0.2) is 0 Å². The lowest BCUT2D eigenvalue weighted by molar-refractivity contribution is 1.46. The third-order valence-corrected chi connectivity index (χ3v) is 11.7. The number of hydrogen-bond acceptors (Lipinski definition) is 1. The molecule has 10 aromatic carbocycles. The summed E-state index contributed by atoms with van der Waals surface area (Å²) in [4.78, 5) is 0. The molecule has 62 heavy (non-hydrogen) atoms. The molecule has 0 fully saturated rings. The molecule has 0 radical (unpaired) electrons. The van der Waals surface area contributed by atoms with E-state index in [1.807, 2.05) is 12.1 Å². The van der Waals surface area contributed by atoms with Gasteiger partial charge in [-0.2, -0.15) is 5.26 Å². The molecule has 10 rings (SSSR count). The van der Waals surface area contributed by atoms with Gasteiger partial charge in [0.2, 0.25) is 0 Å². The Labute approximate surface area is 364 Å². The van der Waals surface area contributed by atoms with E-state index in [0.29, 0.717) is 5.56 Å². The van der Waals surface area contributed by atoms with Crippen LogP contribution in [0.1, 0.15) is 5.56 Å². The third-order valence-electron chi connectivity index (χ3n) is 11.7. The molecule has 0 amide bonds. The van der Waals surface area contributed by atoms with E-state index >= 15 is 0 Å². The van der Waals surface area contributed by atoms with Crippen molar-refractivity contribution in [3.63, 3.8) is 0 Å². The molecule has 290 valence electrons. The lowest BCUT2D eigenvalue weighted by Gasteiger charge is -2.17. The molecule has 0 aliphatic carbocycles. The Bertz CT molecular complexity index is 3110. The lowest BCUT2D eigenvalue weighted by Crippen LogP contribution is -1.94. The second-order valence-electron chi connectivity index (χ2n) is 15.6. The third kappa shape index (κ3) is 7.90. The Morgan fingerprint density at radius 1 is 0.194 bits per heavy atom. The Morgan fingerprint density at radius 2 is 0.403 bits per heavy atom. The summed E-state index contributed by atoms with van der Waals surface area (Å²) < 4.78 is 0. The first-order valence-corrected chi connectivity index (χ1v) is 21.0. The van der Waals surface area contributed by atoms with Crippen molar-refractivity contribution in [3.05, 3.63) is 254 Å². The number of nitrogens with zero attached hydrogens (tertiary/aromatic N) is 1. The van der Waals surface area contributed by atoms with E-state index in [4.69, 9.17) is 0 Å². The van der Waals surface area contributed by atoms with E-state index in [1.165, 1.54) is 16.7 Å². The maximum atomic E-state index is 11.1. The predicted octanol–water partition coefficient (Wildman–Crippen LogP) is 16.6. The SMILES string of the molecule is N#Cc1c(-c2cccc(-c3ccccc3)c2)cc(-c2cc(-c3ccccc3)cc(-c3cccc(-c4cccc(-c5ccccc5)c4)c3)c2)cc1-c1cccc(-c2ccccc2)c1. The van der Waals surface area contributed by atoms with Gasteiger partial charge in [-0.05, 0) is 144 Å². The molecule has 0 atom stereocenters. The maximum absolute atomic E-state index is 11.1. The average molecular weight is 788 g/mol. The molecule has 10 aromatic rings. The molecular weight excluding hydrogens is 747 g/mol. The van der Waals surface area contributed by atoms with Crippen molar-refractivity contribution in [2.24, 2.45) is 0 Å². The number of nitriles is 1. The standard InChI is InChI=1S/C61H41N/c62-42-61-59(53-31-15-26-48(35-53)44-19-7-2-8-20-44)40-58(41-60(61)54-32-16-27-49(36-54)45-21-9-3-10-22-45)57-38-55(46-23-11-4-12-24-46)37-56(39-57)52-30-14-29-51(34-52)50-28-13-25-47(33-50)43-17-5-1-6-18-43/h1-41H. The summed E-state index contributed by atoms with van der Waals surface area (Å²) in [6.07, 6.45) is 0. The smallest absolute Gasteiger partial charge is 0.100 e. The molecule has 0 N–H and O–H groups in total. The summed E-state index contributed by atoms with van der Waals surface area (Å²) in [7, 11) is 0. The van der Waals surface area contributed by atoms with Gasteiger partial charge in [0, 0.05) is 11.1 Å². The van der Waals surface area contributed by atoms with Crippen molar-refractivity contribution >= 4 is 0 Å². The molecule has 0 saturated heterocycles. The Kier molecular flexibility index (Phi) is 10.5. The van der Waals surface area contributed by atoms with Gasteiger partial charge >= 0.3 is 0 Å². The minimum absolute atomic E-state index is 0.647. The second kappa shape index (κ2) is 17.1. The normalized spacial score (nSPS) is 10.9. The van der Waals surface area contributed by atoms with E-state index in [9.17, 15) is 5.26 Å². The molecule has 1 heteroatoms. The van der Waals surface area contributed by atoms with Gasteiger partial charge in [-0.3, -0.25) is 0 Å². The average Bonchev–Trinajstić information content (AvgIpc) is 3.37. The number of benzene rings is 10. The molecule has 0 unspecified atom stereocenters. The highest BCUT2D eigenvalue weighted by Crippen LogP contribution is 2.42. The van der Waals surface area contributed by atoms with E-state index in [0.717, 1.165) is 83.5 Å². The molecule has 0 aliphatic heterocycles. The fourth-order valence-electron chi connectivity index (χ4n) is 8.52. The van der Waals surface area contributed by atoms with Gasteiger partial charge in [0.25, 0.3) is 0 Å². The Hall–Kier alpha value is -8.31. The molecule has 0 aliphatic rings. The van der Waals surface area contributed by atoms with E-state index in [-0.39, 0.29) is 0 Å². The summed E-state index contributed by atoms with van der Waals surface area (Å²) >= 11 is 0. The van der Waals surface area contributed by atoms with Crippen molar-refractivity contribution in [1.29, 1.82) is 5.26 Å². The van der Waals surface area contributed by atoms with Crippen molar-refractivity contribution in [1.82, 2.24) is 0 Å². The van der Waals surface area contributed by atoms with Gasteiger partial charge in [0.15, 0.2) is 0 Å². The summed E-state index contributed by atoms with van der Waals surface area (Å²) in [6.45, 7) is 0. The van der Waals surface area contributed by atoms with Gasteiger partial charge in [-0.1, -0.05) is 194 Å². The van der Waals surface area contributed by atoms with Gasteiger partial charge < -0.3 is 0 Å². The zero-order valence-corrected chi connectivity index (χ0v) is 34.1. The van der Waals surface area contributed by atoms with Crippen LogP contribution < -0.4 is 0 Å². The Balaban J connectivity index is 1.17. The Morgan fingerprint density at radius 3 is 0.758 bits per heavy atom. The van der Waals surface area contributed by atoms with Crippen LogP contribution in [0.5, 0.6) is 0 Å². The van der Waals surface area contributed by atoms with E-state index in [2.05, 4.69) is 243 Å². The van der Waals surface area contributed by atoms with Crippen LogP contribution in [0.2, 0.25) is 0 Å². The zero-order valence-electron chi connectivity index (χ0n) is 34.1. The first-order valence-electron chi connectivity index (χ1n) is 21.0. The van der Waals surface area contributed by atoms with Crippen molar-refractivity contribution < 1.29 is 0 Å². The second-order valence-corrected chi connectivity index (χ2v) is 15.6. The summed E-state index contributed by atoms with van der Waals surface area (Å²) in [5.41, 5.74) is 20.3. The predicted molar refractivity (Wildman–Crippen MR) is 260 cm³/mol. The van der Waals surface area contributed by atoms with Crippen molar-refractivity contribution in [2.45, 2.75) is 0 Å². The van der Waals surface area contributed by atoms with Crippen LogP contribution in [-0.2, 0) is 0 Å². The first-order chi connectivity index (χ1) is 30.7. The quantitative estimate of drug-likeness (QED) is 0.143. The van der Waals surface area contributed by atoms with Gasteiger partial charge in [0.1, 0.15) is 6.07 Å².